The van der Waals surface area contributed by atoms with E-state index in [0.29, 0.717) is 44.7 Å². The Hall–Kier alpha value is -4.94. The van der Waals surface area contributed by atoms with Crippen LogP contribution in [0, 0.1) is 21.4 Å². The first-order valence-corrected chi connectivity index (χ1v) is 10.9. The lowest BCUT2D eigenvalue weighted by atomic mass is 9.87. The second-order valence-electron chi connectivity index (χ2n) is 8.30. The molecule has 5 rings (SSSR count). The van der Waals surface area contributed by atoms with Gasteiger partial charge in [0.2, 0.25) is 0 Å². The number of nitriles is 1. The number of hydrogen-bond acceptors (Lipinski definition) is 7. The minimum Gasteiger partial charge on any atom is -0.497 e. The Bertz CT molecular complexity index is 1630. The largest absolute Gasteiger partial charge is 0.497 e. The molecule has 0 spiro atoms. The maximum absolute atomic E-state index is 12.2. The summed E-state index contributed by atoms with van der Waals surface area (Å²) in [6.07, 6.45) is 3.08. The van der Waals surface area contributed by atoms with Gasteiger partial charge in [-0.2, -0.15) is 5.26 Å². The average Bonchev–Trinajstić information content (AvgIpc) is 3.54. The zero-order chi connectivity index (χ0) is 25.4. The van der Waals surface area contributed by atoms with Crippen LogP contribution in [-0.2, 0) is 12.6 Å². The van der Waals surface area contributed by atoms with Crippen LogP contribution in [0.15, 0.2) is 83.7 Å². The molecule has 1 unspecified atom stereocenters. The van der Waals surface area contributed by atoms with Gasteiger partial charge in [-0.3, -0.25) is 10.1 Å². The van der Waals surface area contributed by atoms with Crippen molar-refractivity contribution >= 4 is 16.7 Å². The van der Waals surface area contributed by atoms with Crippen LogP contribution in [0.4, 0.5) is 5.69 Å². The van der Waals surface area contributed by atoms with Gasteiger partial charge in [0.05, 0.1) is 41.9 Å². The summed E-state index contributed by atoms with van der Waals surface area (Å²) in [5.41, 5.74) is 0.986. The van der Waals surface area contributed by atoms with E-state index < -0.39 is 10.5 Å². The number of aliphatic hydroxyl groups is 1. The lowest BCUT2D eigenvalue weighted by Gasteiger charge is -2.27. The van der Waals surface area contributed by atoms with Gasteiger partial charge in [-0.1, -0.05) is 24.3 Å². The molecule has 1 atom stereocenters. The third-order valence-electron chi connectivity index (χ3n) is 6.19. The van der Waals surface area contributed by atoms with Crippen LogP contribution in [0.1, 0.15) is 22.6 Å². The van der Waals surface area contributed by atoms with E-state index in [0.717, 1.165) is 0 Å². The summed E-state index contributed by atoms with van der Waals surface area (Å²) in [6.45, 7) is 0. The molecular formula is C27H20N4O5. The van der Waals surface area contributed by atoms with Gasteiger partial charge in [0, 0.05) is 30.1 Å². The number of nitro groups is 1. The number of nitro benzene ring substituents is 1. The molecule has 2 heterocycles. The van der Waals surface area contributed by atoms with Gasteiger partial charge in [-0.05, 0) is 41.5 Å². The van der Waals surface area contributed by atoms with Crippen molar-refractivity contribution in [2.24, 2.45) is 7.05 Å². The molecule has 0 aliphatic rings. The van der Waals surface area contributed by atoms with Crippen LogP contribution in [0.5, 0.6) is 5.75 Å². The molecule has 178 valence electrons. The first kappa shape index (κ1) is 22.8. The predicted molar refractivity (Wildman–Crippen MR) is 131 cm³/mol. The highest BCUT2D eigenvalue weighted by Gasteiger charge is 2.40. The Morgan fingerprint density at radius 3 is 2.44 bits per heavy atom. The molecule has 0 aliphatic heterocycles. The van der Waals surface area contributed by atoms with Crippen molar-refractivity contribution in [1.82, 2.24) is 9.55 Å². The number of ether oxygens (including phenoxy) is 1. The zero-order valence-corrected chi connectivity index (χ0v) is 19.4. The number of methoxy groups -OCH3 is 1. The molecule has 5 aromatic rings. The van der Waals surface area contributed by atoms with Crippen LogP contribution < -0.4 is 4.74 Å². The molecule has 3 aromatic carbocycles. The monoisotopic (exact) mass is 480 g/mol. The maximum Gasteiger partial charge on any atom is 0.270 e. The molecule has 2 aromatic heterocycles. The van der Waals surface area contributed by atoms with E-state index in [1.165, 1.54) is 18.3 Å². The fourth-order valence-electron chi connectivity index (χ4n) is 4.31. The highest BCUT2D eigenvalue weighted by Crippen LogP contribution is 2.42. The lowest BCUT2D eigenvalue weighted by molar-refractivity contribution is -0.384. The second kappa shape index (κ2) is 8.69. The van der Waals surface area contributed by atoms with Crippen LogP contribution in [0.3, 0.4) is 0 Å². The van der Waals surface area contributed by atoms with Crippen LogP contribution in [0.2, 0.25) is 0 Å². The fraction of sp³-hybridized carbons (Fsp3) is 0.111. The SMILES string of the molecule is COc1ccc(-c2cc([N+](=O)[O-])cc3cc(C(O)(c4ccc(C#N)cc4)c4cncn4C)oc23)cc1. The van der Waals surface area contributed by atoms with E-state index in [4.69, 9.17) is 9.15 Å². The number of benzene rings is 3. The molecule has 1 N–H and O–H groups in total. The summed E-state index contributed by atoms with van der Waals surface area (Å²) in [6, 6.07) is 20.1. The van der Waals surface area contributed by atoms with Crippen LogP contribution in [-0.4, -0.2) is 26.7 Å². The summed E-state index contributed by atoms with van der Waals surface area (Å²) < 4.78 is 13.2. The molecule has 0 saturated carbocycles. The normalized spacial score (nSPS) is 12.7. The van der Waals surface area contributed by atoms with Crippen molar-refractivity contribution in [2.75, 3.05) is 7.11 Å². The number of hydrogen-bond donors (Lipinski definition) is 1. The summed E-state index contributed by atoms with van der Waals surface area (Å²) in [5.74, 6) is 0.799. The van der Waals surface area contributed by atoms with E-state index in [1.54, 1.807) is 79.6 Å². The number of aryl methyl sites for hydroxylation is 1. The number of fused-ring (bicyclic) bond motifs is 1. The van der Waals surface area contributed by atoms with Gasteiger partial charge in [0.1, 0.15) is 17.1 Å². The Balaban J connectivity index is 1.78. The van der Waals surface area contributed by atoms with E-state index in [9.17, 15) is 20.5 Å². The standard InChI is InChI=1S/C27H20N4O5/c1-30-16-29-15-24(30)27(32,20-7-3-17(14-28)4-8-20)25-12-19-11-21(31(33)34)13-23(26(19)36-25)18-5-9-22(35-2)10-6-18/h3-13,15-16,32H,1-2H3. The van der Waals surface area contributed by atoms with Gasteiger partial charge in [0.15, 0.2) is 5.60 Å². The first-order valence-electron chi connectivity index (χ1n) is 10.9. The minimum atomic E-state index is -1.79. The smallest absolute Gasteiger partial charge is 0.270 e. The Labute approximate surface area is 205 Å². The van der Waals surface area contributed by atoms with Crippen molar-refractivity contribution in [3.63, 3.8) is 0 Å². The van der Waals surface area contributed by atoms with E-state index in [1.807, 2.05) is 0 Å². The zero-order valence-electron chi connectivity index (χ0n) is 19.4. The highest BCUT2D eigenvalue weighted by atomic mass is 16.6. The molecule has 0 radical (unpaired) electrons. The van der Waals surface area contributed by atoms with Crippen LogP contribution in [0.25, 0.3) is 22.1 Å². The van der Waals surface area contributed by atoms with Gasteiger partial charge in [-0.25, -0.2) is 4.98 Å². The third-order valence-corrected chi connectivity index (χ3v) is 6.19. The average molecular weight is 480 g/mol. The van der Waals surface area contributed by atoms with Crippen molar-refractivity contribution in [3.05, 3.63) is 112 Å². The molecule has 0 aliphatic carbocycles. The first-order chi connectivity index (χ1) is 17.3. The van der Waals surface area contributed by atoms with Crippen molar-refractivity contribution in [2.45, 2.75) is 5.60 Å². The van der Waals surface area contributed by atoms with E-state index in [-0.39, 0.29) is 11.4 Å². The molecule has 36 heavy (non-hydrogen) atoms. The number of furan rings is 1. The number of aromatic nitrogens is 2. The number of rotatable bonds is 6. The van der Waals surface area contributed by atoms with Gasteiger partial charge >= 0.3 is 0 Å². The topological polar surface area (TPSA) is 127 Å². The molecular weight excluding hydrogens is 460 g/mol. The summed E-state index contributed by atoms with van der Waals surface area (Å²) >= 11 is 0. The summed E-state index contributed by atoms with van der Waals surface area (Å²) in [5, 5.41) is 33.6. The van der Waals surface area contributed by atoms with Crippen molar-refractivity contribution in [3.8, 4) is 22.9 Å². The lowest BCUT2D eigenvalue weighted by Crippen LogP contribution is -2.30. The number of imidazole rings is 1. The van der Waals surface area contributed by atoms with Gasteiger partial charge in [0.25, 0.3) is 5.69 Å². The van der Waals surface area contributed by atoms with Gasteiger partial charge in [-0.15, -0.1) is 0 Å². The Morgan fingerprint density at radius 2 is 1.86 bits per heavy atom. The molecule has 0 fully saturated rings. The molecule has 0 saturated heterocycles. The molecule has 9 nitrogen and oxygen atoms in total. The van der Waals surface area contributed by atoms with Crippen molar-refractivity contribution in [1.29, 1.82) is 5.26 Å². The molecule has 0 bridgehead atoms. The molecule has 0 amide bonds. The summed E-state index contributed by atoms with van der Waals surface area (Å²) in [7, 11) is 3.30. The van der Waals surface area contributed by atoms with Crippen LogP contribution >= 0.6 is 0 Å². The van der Waals surface area contributed by atoms with Crippen molar-refractivity contribution < 1.29 is 19.2 Å². The quantitative estimate of drug-likeness (QED) is 0.270. The Kier molecular flexibility index (Phi) is 5.51. The van der Waals surface area contributed by atoms with Gasteiger partial charge < -0.3 is 18.8 Å². The molecule has 9 heteroatoms. The number of nitrogens with zero attached hydrogens (tertiary/aromatic N) is 4. The van der Waals surface area contributed by atoms with E-state index >= 15 is 0 Å². The fourth-order valence-corrected chi connectivity index (χ4v) is 4.31. The third kappa shape index (κ3) is 3.66. The predicted octanol–water partition coefficient (Wildman–Crippen LogP) is 4.91. The Morgan fingerprint density at radius 1 is 1.14 bits per heavy atom. The summed E-state index contributed by atoms with van der Waals surface area (Å²) in [4.78, 5) is 15.4. The highest BCUT2D eigenvalue weighted by molar-refractivity contribution is 5.95. The number of non-ortho nitro benzene ring substituents is 1. The second-order valence-corrected chi connectivity index (χ2v) is 8.30. The minimum absolute atomic E-state index is 0.108. The maximum atomic E-state index is 12.2. The van der Waals surface area contributed by atoms with E-state index in [2.05, 4.69) is 11.1 Å².